The van der Waals surface area contributed by atoms with Gasteiger partial charge >= 0.3 is 0 Å². The van der Waals surface area contributed by atoms with Gasteiger partial charge in [0, 0.05) is 26.2 Å². The Labute approximate surface area is 170 Å². The molecule has 2 aromatic carbocycles. The highest BCUT2D eigenvalue weighted by atomic mass is 16.5. The Bertz CT molecular complexity index is 897. The smallest absolute Gasteiger partial charge is 0.255 e. The van der Waals surface area contributed by atoms with E-state index in [-0.39, 0.29) is 12.5 Å². The van der Waals surface area contributed by atoms with Crippen LogP contribution in [0.25, 0.3) is 0 Å². The summed E-state index contributed by atoms with van der Waals surface area (Å²) in [6.07, 6.45) is 2.22. The zero-order valence-electron chi connectivity index (χ0n) is 16.1. The molecule has 1 aliphatic heterocycles. The summed E-state index contributed by atoms with van der Waals surface area (Å²) in [5, 5.41) is 8.84. The minimum atomic E-state index is -0.520. The molecule has 1 aliphatic rings. The number of nitrogens with two attached hydrogens (primary N) is 1. The van der Waals surface area contributed by atoms with Crippen LogP contribution < -0.4 is 15.4 Å². The lowest BCUT2D eigenvalue weighted by Gasteiger charge is -2.36. The van der Waals surface area contributed by atoms with Crippen LogP contribution in [0.4, 0.5) is 5.69 Å². The maximum Gasteiger partial charge on any atom is 0.255 e. The number of ether oxygens (including phenoxy) is 1. The number of carbonyl (C=O) groups excluding carboxylic acids is 2. The minimum Gasteiger partial charge on any atom is -0.482 e. The molecule has 2 aromatic rings. The predicted molar refractivity (Wildman–Crippen MR) is 109 cm³/mol. The molecule has 0 bridgehead atoms. The largest absolute Gasteiger partial charge is 0.482 e. The van der Waals surface area contributed by atoms with Gasteiger partial charge in [-0.3, -0.25) is 9.59 Å². The third-order valence-corrected chi connectivity index (χ3v) is 4.76. The first-order valence-corrected chi connectivity index (χ1v) is 9.43. The molecular weight excluding hydrogens is 368 g/mol. The fraction of sp³-hybridized carbons (Fsp3) is 0.273. The third kappa shape index (κ3) is 5.48. The van der Waals surface area contributed by atoms with Crippen molar-refractivity contribution in [2.75, 3.05) is 37.7 Å². The molecule has 7 nitrogen and oxygen atoms in total. The van der Waals surface area contributed by atoms with Crippen molar-refractivity contribution in [1.82, 2.24) is 4.90 Å². The third-order valence-electron chi connectivity index (χ3n) is 4.76. The second-order valence-electron chi connectivity index (χ2n) is 6.75. The second-order valence-corrected chi connectivity index (χ2v) is 6.75. The van der Waals surface area contributed by atoms with Crippen molar-refractivity contribution in [2.45, 2.75) is 6.42 Å². The van der Waals surface area contributed by atoms with Crippen molar-refractivity contribution in [2.24, 2.45) is 5.73 Å². The van der Waals surface area contributed by atoms with Gasteiger partial charge in [0.1, 0.15) is 5.75 Å². The van der Waals surface area contributed by atoms with E-state index >= 15 is 0 Å². The zero-order valence-corrected chi connectivity index (χ0v) is 16.1. The highest BCUT2D eigenvalue weighted by Crippen LogP contribution is 2.28. The van der Waals surface area contributed by atoms with Gasteiger partial charge in [0.15, 0.2) is 6.61 Å². The van der Waals surface area contributed by atoms with E-state index < -0.39 is 5.91 Å². The zero-order chi connectivity index (χ0) is 20.6. The average molecular weight is 391 g/mol. The first-order chi connectivity index (χ1) is 14.1. The Morgan fingerprint density at radius 3 is 2.41 bits per heavy atom. The molecule has 149 valence electrons. The molecule has 7 heteroatoms. The van der Waals surface area contributed by atoms with Crippen LogP contribution in [0.15, 0.2) is 48.5 Å². The highest BCUT2D eigenvalue weighted by molar-refractivity contribution is 5.85. The first kappa shape index (κ1) is 20.2. The summed E-state index contributed by atoms with van der Waals surface area (Å²) in [5.74, 6) is 0.0961. The van der Waals surface area contributed by atoms with Crippen molar-refractivity contribution < 1.29 is 14.3 Å². The molecular formula is C22H23N4O3. The number of benzene rings is 2. The lowest BCUT2D eigenvalue weighted by Crippen LogP contribution is -2.49. The van der Waals surface area contributed by atoms with Gasteiger partial charge < -0.3 is 20.3 Å². The molecule has 0 aliphatic carbocycles. The van der Waals surface area contributed by atoms with Crippen molar-refractivity contribution in [3.63, 3.8) is 0 Å². The van der Waals surface area contributed by atoms with Crippen molar-refractivity contribution >= 4 is 17.5 Å². The monoisotopic (exact) mass is 391 g/mol. The number of hydrogen-bond acceptors (Lipinski definition) is 5. The molecule has 2 amide bonds. The van der Waals surface area contributed by atoms with Crippen molar-refractivity contribution in [1.29, 1.82) is 5.26 Å². The van der Waals surface area contributed by atoms with Crippen molar-refractivity contribution in [3.8, 4) is 11.8 Å². The van der Waals surface area contributed by atoms with E-state index in [9.17, 15) is 9.59 Å². The Morgan fingerprint density at radius 1 is 1.07 bits per heavy atom. The fourth-order valence-corrected chi connectivity index (χ4v) is 3.21. The van der Waals surface area contributed by atoms with E-state index in [1.165, 1.54) is 0 Å². The number of rotatable bonds is 7. The minimum absolute atomic E-state index is 0.00673. The SMILES string of the molecule is N#Cc1ccc(C[CH]C(=O)N2CCN(c3ccccc3OCC(N)=O)CC2)cc1. The van der Waals surface area contributed by atoms with Gasteiger partial charge in [0.25, 0.3) is 5.91 Å². The molecule has 0 saturated carbocycles. The van der Waals surface area contributed by atoms with Gasteiger partial charge in [-0.05, 0) is 36.2 Å². The normalized spacial score (nSPS) is 13.6. The van der Waals surface area contributed by atoms with Gasteiger partial charge in [0.2, 0.25) is 5.91 Å². The number of primary amides is 1. The van der Waals surface area contributed by atoms with Crippen LogP contribution in [0.1, 0.15) is 11.1 Å². The Kier molecular flexibility index (Phi) is 6.69. The summed E-state index contributed by atoms with van der Waals surface area (Å²) in [5.41, 5.74) is 7.66. The van der Waals surface area contributed by atoms with Crippen LogP contribution in [-0.2, 0) is 16.0 Å². The molecule has 0 aromatic heterocycles. The number of anilines is 1. The van der Waals surface area contributed by atoms with Gasteiger partial charge in [-0.15, -0.1) is 0 Å². The number of amides is 2. The van der Waals surface area contributed by atoms with E-state index in [0.29, 0.717) is 43.9 Å². The van der Waals surface area contributed by atoms with Gasteiger partial charge in [-0.2, -0.15) is 5.26 Å². The first-order valence-electron chi connectivity index (χ1n) is 9.43. The van der Waals surface area contributed by atoms with Crippen LogP contribution >= 0.6 is 0 Å². The van der Waals surface area contributed by atoms with Crippen LogP contribution in [0.3, 0.4) is 0 Å². The molecule has 1 fully saturated rings. The average Bonchev–Trinajstić information content (AvgIpc) is 2.76. The number of carbonyl (C=O) groups is 2. The summed E-state index contributed by atoms with van der Waals surface area (Å²) in [7, 11) is 0. The summed E-state index contributed by atoms with van der Waals surface area (Å²) in [4.78, 5) is 27.5. The highest BCUT2D eigenvalue weighted by Gasteiger charge is 2.23. The van der Waals surface area contributed by atoms with Crippen LogP contribution in [0.2, 0.25) is 0 Å². The van der Waals surface area contributed by atoms with Crippen LogP contribution in [0.5, 0.6) is 5.75 Å². The number of nitriles is 1. The Hall–Kier alpha value is -3.53. The van der Waals surface area contributed by atoms with Gasteiger partial charge in [-0.1, -0.05) is 24.3 Å². The summed E-state index contributed by atoms with van der Waals surface area (Å²) in [6.45, 7) is 2.39. The van der Waals surface area contributed by atoms with E-state index in [4.69, 9.17) is 15.7 Å². The maximum absolute atomic E-state index is 12.5. The van der Waals surface area contributed by atoms with Gasteiger partial charge in [0.05, 0.1) is 23.7 Å². The molecule has 2 N–H and O–H groups in total. The van der Waals surface area contributed by atoms with E-state index in [0.717, 1.165) is 11.3 Å². The number of piperazine rings is 1. The molecule has 29 heavy (non-hydrogen) atoms. The van der Waals surface area contributed by atoms with Crippen LogP contribution in [-0.4, -0.2) is 49.5 Å². The number of para-hydroxylation sites is 2. The second kappa shape index (κ2) is 9.60. The lowest BCUT2D eigenvalue weighted by atomic mass is 10.1. The number of nitrogens with zero attached hydrogens (tertiary/aromatic N) is 3. The topological polar surface area (TPSA) is 99.7 Å². The predicted octanol–water partition coefficient (Wildman–Crippen LogP) is 1.52. The van der Waals surface area contributed by atoms with Crippen LogP contribution in [0, 0.1) is 17.8 Å². The summed E-state index contributed by atoms with van der Waals surface area (Å²) >= 11 is 0. The molecule has 3 rings (SSSR count). The maximum atomic E-state index is 12.5. The molecule has 0 spiro atoms. The fourth-order valence-electron chi connectivity index (χ4n) is 3.21. The summed E-state index contributed by atoms with van der Waals surface area (Å²) < 4.78 is 5.51. The molecule has 0 atom stereocenters. The molecule has 1 radical (unpaired) electrons. The molecule has 1 heterocycles. The van der Waals surface area contributed by atoms with E-state index in [1.807, 2.05) is 35.2 Å². The quantitative estimate of drug-likeness (QED) is 0.771. The molecule has 1 saturated heterocycles. The Morgan fingerprint density at radius 2 is 1.76 bits per heavy atom. The van der Waals surface area contributed by atoms with Gasteiger partial charge in [-0.25, -0.2) is 0 Å². The Balaban J connectivity index is 1.51. The van der Waals surface area contributed by atoms with E-state index in [2.05, 4.69) is 11.0 Å². The molecule has 0 unspecified atom stereocenters. The van der Waals surface area contributed by atoms with E-state index in [1.54, 1.807) is 24.6 Å². The lowest BCUT2D eigenvalue weighted by molar-refractivity contribution is -0.128. The van der Waals surface area contributed by atoms with Crippen molar-refractivity contribution in [3.05, 3.63) is 66.1 Å². The number of hydrogen-bond donors (Lipinski definition) is 1. The standard InChI is InChI=1S/C22H23N4O3/c23-15-18-7-5-17(6-8-18)9-10-22(28)26-13-11-25(12-14-26)19-3-1-2-4-20(19)29-16-21(24)27/h1-8,10H,9,11-14,16H2,(H2,24,27). The summed E-state index contributed by atoms with van der Waals surface area (Å²) in [6, 6.07) is 16.8.